The van der Waals surface area contributed by atoms with Crippen LogP contribution in [0.5, 0.6) is 0 Å². The number of amides is 2. The number of carbonyl (C=O) groups is 2. The van der Waals surface area contributed by atoms with Crippen molar-refractivity contribution in [3.05, 3.63) is 106 Å². The van der Waals surface area contributed by atoms with E-state index in [1.165, 1.54) is 11.8 Å². The summed E-state index contributed by atoms with van der Waals surface area (Å²) in [4.78, 5) is 28.6. The van der Waals surface area contributed by atoms with Crippen LogP contribution in [-0.4, -0.2) is 35.1 Å². The monoisotopic (exact) mass is 508 g/mol. The van der Waals surface area contributed by atoms with Crippen LogP contribution in [0.25, 0.3) is 0 Å². The van der Waals surface area contributed by atoms with E-state index in [0.717, 1.165) is 28.7 Å². The number of halogens is 1. The number of carbonyl (C=O) groups excluding carboxylic acids is 2. The summed E-state index contributed by atoms with van der Waals surface area (Å²) in [6.07, 6.45) is 1.30. The summed E-state index contributed by atoms with van der Waals surface area (Å²) in [6.45, 7) is 5.02. The molecule has 0 aliphatic heterocycles. The third-order valence-electron chi connectivity index (χ3n) is 5.73. The number of rotatable bonds is 12. The van der Waals surface area contributed by atoms with Gasteiger partial charge in [-0.25, -0.2) is 0 Å². The van der Waals surface area contributed by atoms with E-state index in [4.69, 9.17) is 11.6 Å². The molecule has 0 aliphatic rings. The minimum absolute atomic E-state index is 0.0600. The number of hydrogen-bond donors (Lipinski definition) is 1. The standard InChI is InChI=1S/C29H33ClN2O2S/c1-3-17-31-29(34)27(18-23-9-5-4-6-10-23)32(19-24-15-13-22(2)14-16-24)28(33)21-35-20-25-11-7-8-12-26(25)30/h4-16,27H,3,17-21H2,1-2H3,(H,31,34). The molecule has 3 rings (SSSR count). The van der Waals surface area contributed by atoms with E-state index in [0.29, 0.717) is 30.3 Å². The molecule has 0 saturated carbocycles. The van der Waals surface area contributed by atoms with Gasteiger partial charge in [0.15, 0.2) is 0 Å². The SMILES string of the molecule is CCCNC(=O)C(Cc1ccccc1)N(Cc1ccc(C)cc1)C(=O)CSCc1ccccc1Cl. The second-order valence-electron chi connectivity index (χ2n) is 8.59. The molecule has 0 heterocycles. The van der Waals surface area contributed by atoms with Crippen molar-refractivity contribution in [2.45, 2.75) is 45.0 Å². The highest BCUT2D eigenvalue weighted by Gasteiger charge is 2.30. The Morgan fingerprint density at radius 1 is 0.943 bits per heavy atom. The van der Waals surface area contributed by atoms with Crippen LogP contribution in [0.15, 0.2) is 78.9 Å². The third-order valence-corrected chi connectivity index (χ3v) is 7.07. The average molecular weight is 509 g/mol. The van der Waals surface area contributed by atoms with E-state index < -0.39 is 6.04 Å². The lowest BCUT2D eigenvalue weighted by atomic mass is 10.0. The zero-order chi connectivity index (χ0) is 25.0. The van der Waals surface area contributed by atoms with Gasteiger partial charge in [0.05, 0.1) is 5.75 Å². The summed E-state index contributed by atoms with van der Waals surface area (Å²) in [6, 6.07) is 25.1. The first-order valence-corrected chi connectivity index (χ1v) is 13.5. The molecule has 0 aliphatic carbocycles. The van der Waals surface area contributed by atoms with Gasteiger partial charge in [-0.15, -0.1) is 11.8 Å². The molecule has 0 aromatic heterocycles. The fourth-order valence-corrected chi connectivity index (χ4v) is 4.95. The summed E-state index contributed by atoms with van der Waals surface area (Å²) in [7, 11) is 0. The van der Waals surface area contributed by atoms with Crippen molar-refractivity contribution in [2.24, 2.45) is 0 Å². The molecule has 3 aromatic carbocycles. The Morgan fingerprint density at radius 2 is 1.63 bits per heavy atom. The molecule has 0 fully saturated rings. The largest absolute Gasteiger partial charge is 0.354 e. The van der Waals surface area contributed by atoms with Crippen LogP contribution >= 0.6 is 23.4 Å². The maximum Gasteiger partial charge on any atom is 0.243 e. The van der Waals surface area contributed by atoms with Gasteiger partial charge in [-0.1, -0.05) is 96.9 Å². The lowest BCUT2D eigenvalue weighted by molar-refractivity contribution is -0.139. The minimum Gasteiger partial charge on any atom is -0.354 e. The molecule has 6 heteroatoms. The molecule has 0 spiro atoms. The maximum atomic E-state index is 13.6. The summed E-state index contributed by atoms with van der Waals surface area (Å²) in [5.41, 5.74) is 4.18. The summed E-state index contributed by atoms with van der Waals surface area (Å²) < 4.78 is 0. The highest BCUT2D eigenvalue weighted by molar-refractivity contribution is 7.99. The molecular formula is C29H33ClN2O2S. The molecule has 4 nitrogen and oxygen atoms in total. The number of nitrogens with one attached hydrogen (secondary N) is 1. The Labute approximate surface area is 218 Å². The molecule has 1 N–H and O–H groups in total. The normalized spacial score (nSPS) is 11.6. The van der Waals surface area contributed by atoms with E-state index in [9.17, 15) is 9.59 Å². The van der Waals surface area contributed by atoms with Crippen molar-refractivity contribution in [3.8, 4) is 0 Å². The number of thioether (sulfide) groups is 1. The van der Waals surface area contributed by atoms with Gasteiger partial charge >= 0.3 is 0 Å². The van der Waals surface area contributed by atoms with E-state index in [1.807, 2.05) is 92.7 Å². The molecular weight excluding hydrogens is 476 g/mol. The van der Waals surface area contributed by atoms with Crippen LogP contribution in [0.2, 0.25) is 5.02 Å². The van der Waals surface area contributed by atoms with Crippen LogP contribution in [0.1, 0.15) is 35.6 Å². The fourth-order valence-electron chi connectivity index (χ4n) is 3.76. The predicted molar refractivity (Wildman–Crippen MR) is 147 cm³/mol. The van der Waals surface area contributed by atoms with Gasteiger partial charge in [0, 0.05) is 30.3 Å². The lowest BCUT2D eigenvalue weighted by Gasteiger charge is -2.31. The first kappa shape index (κ1) is 26.8. The Balaban J connectivity index is 1.83. The van der Waals surface area contributed by atoms with Crippen molar-refractivity contribution in [2.75, 3.05) is 12.3 Å². The quantitative estimate of drug-likeness (QED) is 0.324. The van der Waals surface area contributed by atoms with Gasteiger partial charge in [0.1, 0.15) is 6.04 Å². The van der Waals surface area contributed by atoms with Gasteiger partial charge in [-0.3, -0.25) is 9.59 Å². The number of benzene rings is 3. The Bertz CT molecular complexity index is 1090. The van der Waals surface area contributed by atoms with Crippen molar-refractivity contribution in [3.63, 3.8) is 0 Å². The summed E-state index contributed by atoms with van der Waals surface area (Å²) >= 11 is 7.81. The second kappa shape index (κ2) is 14.0. The number of hydrogen-bond acceptors (Lipinski definition) is 3. The van der Waals surface area contributed by atoms with Crippen LogP contribution in [0.3, 0.4) is 0 Å². The number of nitrogens with zero attached hydrogens (tertiary/aromatic N) is 1. The van der Waals surface area contributed by atoms with E-state index in [2.05, 4.69) is 5.32 Å². The molecule has 3 aromatic rings. The molecule has 2 amide bonds. The zero-order valence-electron chi connectivity index (χ0n) is 20.4. The van der Waals surface area contributed by atoms with Crippen LogP contribution in [-0.2, 0) is 28.3 Å². The van der Waals surface area contributed by atoms with E-state index in [-0.39, 0.29) is 17.6 Å². The third kappa shape index (κ3) is 8.44. The van der Waals surface area contributed by atoms with Gasteiger partial charge in [0.2, 0.25) is 11.8 Å². The number of aryl methyl sites for hydroxylation is 1. The average Bonchev–Trinajstić information content (AvgIpc) is 2.87. The second-order valence-corrected chi connectivity index (χ2v) is 9.98. The van der Waals surface area contributed by atoms with Crippen LogP contribution < -0.4 is 5.32 Å². The lowest BCUT2D eigenvalue weighted by Crippen LogP contribution is -2.51. The molecule has 0 saturated heterocycles. The van der Waals surface area contributed by atoms with Crippen molar-refractivity contribution < 1.29 is 9.59 Å². The van der Waals surface area contributed by atoms with Gasteiger partial charge in [-0.2, -0.15) is 0 Å². The van der Waals surface area contributed by atoms with E-state index in [1.54, 1.807) is 4.90 Å². The zero-order valence-corrected chi connectivity index (χ0v) is 21.9. The van der Waals surface area contributed by atoms with Crippen molar-refractivity contribution in [1.82, 2.24) is 10.2 Å². The Kier molecular flexibility index (Phi) is 10.7. The first-order chi connectivity index (χ1) is 17.0. The van der Waals surface area contributed by atoms with Crippen molar-refractivity contribution in [1.29, 1.82) is 0 Å². The smallest absolute Gasteiger partial charge is 0.243 e. The molecule has 0 radical (unpaired) electrons. The highest BCUT2D eigenvalue weighted by atomic mass is 35.5. The summed E-state index contributed by atoms with van der Waals surface area (Å²) in [5, 5.41) is 3.71. The molecule has 184 valence electrons. The van der Waals surface area contributed by atoms with Crippen LogP contribution in [0.4, 0.5) is 0 Å². The molecule has 0 bridgehead atoms. The van der Waals surface area contributed by atoms with E-state index >= 15 is 0 Å². The Morgan fingerprint density at radius 3 is 2.31 bits per heavy atom. The molecule has 35 heavy (non-hydrogen) atoms. The minimum atomic E-state index is -0.598. The fraction of sp³-hybridized carbons (Fsp3) is 0.310. The first-order valence-electron chi connectivity index (χ1n) is 12.0. The van der Waals surface area contributed by atoms with Gasteiger partial charge in [0.25, 0.3) is 0 Å². The topological polar surface area (TPSA) is 49.4 Å². The highest BCUT2D eigenvalue weighted by Crippen LogP contribution is 2.22. The van der Waals surface area contributed by atoms with Gasteiger partial charge < -0.3 is 10.2 Å². The maximum absolute atomic E-state index is 13.6. The molecule has 1 atom stereocenters. The van der Waals surface area contributed by atoms with Crippen LogP contribution in [0, 0.1) is 6.92 Å². The van der Waals surface area contributed by atoms with Gasteiger partial charge in [-0.05, 0) is 36.1 Å². The summed E-state index contributed by atoms with van der Waals surface area (Å²) in [5.74, 6) is 0.723. The molecule has 1 unspecified atom stereocenters. The Hall–Kier alpha value is -2.76. The predicted octanol–water partition coefficient (Wildman–Crippen LogP) is 6.05. The van der Waals surface area contributed by atoms with Crippen molar-refractivity contribution >= 4 is 35.2 Å².